The topological polar surface area (TPSA) is 95.2 Å². The molecule has 60 valence electrons. The van der Waals surface area contributed by atoms with Gasteiger partial charge in [0, 0.05) is 12.4 Å². The Balaban J connectivity index is 2.82. The van der Waals surface area contributed by atoms with Gasteiger partial charge >= 0.3 is 10.3 Å². The van der Waals surface area contributed by atoms with Gasteiger partial charge in [0.2, 0.25) is 0 Å². The van der Waals surface area contributed by atoms with Crippen LogP contribution in [0.4, 0.5) is 0 Å². The molecule has 1 heterocycles. The highest BCUT2D eigenvalue weighted by Crippen LogP contribution is 2.01. The van der Waals surface area contributed by atoms with Crippen LogP contribution >= 0.6 is 0 Å². The highest BCUT2D eigenvalue weighted by molar-refractivity contribution is 7.84. The lowest BCUT2D eigenvalue weighted by atomic mass is 10.7. The van der Waals surface area contributed by atoms with Gasteiger partial charge in [-0.05, 0) is 0 Å². The van der Waals surface area contributed by atoms with Crippen LogP contribution in [0.1, 0.15) is 0 Å². The molecule has 2 N–H and O–H groups in total. The fourth-order valence-electron chi connectivity index (χ4n) is 0.447. The van der Waals surface area contributed by atoms with Gasteiger partial charge in [-0.1, -0.05) is 0 Å². The molecule has 0 saturated carbocycles. The molecular formula is C4H5N3O3S. The molecule has 0 saturated heterocycles. The summed E-state index contributed by atoms with van der Waals surface area (Å²) < 4.78 is 24.8. The van der Waals surface area contributed by atoms with E-state index in [9.17, 15) is 8.42 Å². The molecule has 1 aromatic heterocycles. The number of aromatic nitrogens is 2. The normalized spacial score (nSPS) is 11.0. The first-order valence-electron chi connectivity index (χ1n) is 2.56. The van der Waals surface area contributed by atoms with Gasteiger partial charge in [0.15, 0.2) is 0 Å². The Hall–Kier alpha value is -1.21. The predicted octanol–water partition coefficient (Wildman–Crippen LogP) is -0.941. The van der Waals surface area contributed by atoms with E-state index in [0.717, 1.165) is 6.20 Å². The van der Waals surface area contributed by atoms with E-state index in [1.54, 1.807) is 0 Å². The Labute approximate surface area is 63.3 Å². The minimum Gasteiger partial charge on any atom is -0.349 e. The zero-order chi connectivity index (χ0) is 8.32. The molecular weight excluding hydrogens is 170 g/mol. The first kappa shape index (κ1) is 7.89. The van der Waals surface area contributed by atoms with Crippen molar-refractivity contribution in [2.75, 3.05) is 0 Å². The fourth-order valence-corrected chi connectivity index (χ4v) is 0.772. The van der Waals surface area contributed by atoms with Crippen LogP contribution in [0.5, 0.6) is 5.88 Å². The van der Waals surface area contributed by atoms with Crippen molar-refractivity contribution in [1.29, 1.82) is 0 Å². The molecule has 11 heavy (non-hydrogen) atoms. The van der Waals surface area contributed by atoms with Crippen LogP contribution in [-0.2, 0) is 10.3 Å². The fraction of sp³-hybridized carbons (Fsp3) is 0. The average Bonchev–Trinajstić information content (AvgIpc) is 1.85. The average molecular weight is 175 g/mol. The van der Waals surface area contributed by atoms with Gasteiger partial charge in [-0.15, -0.1) is 0 Å². The first-order valence-corrected chi connectivity index (χ1v) is 4.03. The molecule has 7 heteroatoms. The number of rotatable bonds is 2. The van der Waals surface area contributed by atoms with Crippen LogP contribution in [0.2, 0.25) is 0 Å². The number of hydrogen-bond donors (Lipinski definition) is 1. The summed E-state index contributed by atoms with van der Waals surface area (Å²) in [6.45, 7) is 0. The maximum absolute atomic E-state index is 10.3. The lowest BCUT2D eigenvalue weighted by Gasteiger charge is -1.97. The van der Waals surface area contributed by atoms with Crippen LogP contribution in [0.25, 0.3) is 0 Å². The SMILES string of the molecule is NS(=O)(=O)Oc1cnccn1. The Morgan fingerprint density at radius 3 is 2.64 bits per heavy atom. The minimum atomic E-state index is -3.98. The summed E-state index contributed by atoms with van der Waals surface area (Å²) in [6.07, 6.45) is 3.82. The minimum absolute atomic E-state index is 0.144. The highest BCUT2D eigenvalue weighted by atomic mass is 32.2. The highest BCUT2D eigenvalue weighted by Gasteiger charge is 2.04. The van der Waals surface area contributed by atoms with Crippen LogP contribution in [0, 0.1) is 0 Å². The smallest absolute Gasteiger partial charge is 0.349 e. The van der Waals surface area contributed by atoms with Crippen molar-refractivity contribution in [2.24, 2.45) is 5.14 Å². The van der Waals surface area contributed by atoms with E-state index in [1.807, 2.05) is 0 Å². The molecule has 0 aliphatic heterocycles. The molecule has 1 aromatic rings. The second kappa shape index (κ2) is 2.81. The zero-order valence-corrected chi connectivity index (χ0v) is 6.15. The second-order valence-corrected chi connectivity index (χ2v) is 2.77. The Morgan fingerprint density at radius 2 is 2.18 bits per heavy atom. The second-order valence-electron chi connectivity index (χ2n) is 1.62. The zero-order valence-electron chi connectivity index (χ0n) is 5.34. The summed E-state index contributed by atoms with van der Waals surface area (Å²) in [5.74, 6) is -0.144. The summed E-state index contributed by atoms with van der Waals surface area (Å²) in [5.41, 5.74) is 0. The maximum atomic E-state index is 10.3. The van der Waals surface area contributed by atoms with Crippen molar-refractivity contribution in [3.8, 4) is 5.88 Å². The summed E-state index contributed by atoms with van der Waals surface area (Å²) in [5, 5.41) is 4.55. The molecule has 0 radical (unpaired) electrons. The molecule has 0 atom stereocenters. The third-order valence-corrected chi connectivity index (χ3v) is 1.14. The number of nitrogens with zero attached hydrogens (tertiary/aromatic N) is 2. The molecule has 0 amide bonds. The molecule has 0 aliphatic rings. The van der Waals surface area contributed by atoms with Gasteiger partial charge in [0.1, 0.15) is 0 Å². The maximum Gasteiger partial charge on any atom is 0.381 e. The van der Waals surface area contributed by atoms with Crippen LogP contribution in [0.3, 0.4) is 0 Å². The summed E-state index contributed by atoms with van der Waals surface area (Å²) in [7, 11) is -3.98. The van der Waals surface area contributed by atoms with Gasteiger partial charge in [0.25, 0.3) is 5.88 Å². The monoisotopic (exact) mass is 175 g/mol. The Morgan fingerprint density at radius 1 is 1.45 bits per heavy atom. The third kappa shape index (κ3) is 2.92. The molecule has 0 aromatic carbocycles. The number of nitrogens with two attached hydrogens (primary N) is 1. The van der Waals surface area contributed by atoms with Gasteiger partial charge in [-0.2, -0.15) is 13.6 Å². The molecule has 0 unspecified atom stereocenters. The summed E-state index contributed by atoms with van der Waals surface area (Å²) in [6, 6.07) is 0. The van der Waals surface area contributed by atoms with E-state index in [-0.39, 0.29) is 5.88 Å². The number of hydrogen-bond acceptors (Lipinski definition) is 5. The Bertz CT molecular complexity index is 322. The van der Waals surface area contributed by atoms with E-state index >= 15 is 0 Å². The van der Waals surface area contributed by atoms with E-state index < -0.39 is 10.3 Å². The van der Waals surface area contributed by atoms with Gasteiger partial charge in [-0.3, -0.25) is 4.98 Å². The predicted molar refractivity (Wildman–Crippen MR) is 35.8 cm³/mol. The lowest BCUT2D eigenvalue weighted by molar-refractivity contribution is 0.476. The van der Waals surface area contributed by atoms with Crippen molar-refractivity contribution in [3.05, 3.63) is 18.6 Å². The van der Waals surface area contributed by atoms with Crippen molar-refractivity contribution in [1.82, 2.24) is 9.97 Å². The van der Waals surface area contributed by atoms with Crippen molar-refractivity contribution < 1.29 is 12.6 Å². The van der Waals surface area contributed by atoms with E-state index in [2.05, 4.69) is 19.3 Å². The molecule has 0 bridgehead atoms. The van der Waals surface area contributed by atoms with Crippen molar-refractivity contribution in [2.45, 2.75) is 0 Å². The van der Waals surface area contributed by atoms with Crippen LogP contribution < -0.4 is 9.32 Å². The molecule has 6 nitrogen and oxygen atoms in total. The summed E-state index contributed by atoms with van der Waals surface area (Å²) >= 11 is 0. The largest absolute Gasteiger partial charge is 0.381 e. The van der Waals surface area contributed by atoms with E-state index in [1.165, 1.54) is 12.4 Å². The molecule has 1 rings (SSSR count). The lowest BCUT2D eigenvalue weighted by Crippen LogP contribution is -2.19. The quantitative estimate of drug-likeness (QED) is 0.625. The molecule has 0 aliphatic carbocycles. The Kier molecular flexibility index (Phi) is 2.01. The van der Waals surface area contributed by atoms with Crippen molar-refractivity contribution >= 4 is 10.3 Å². The van der Waals surface area contributed by atoms with E-state index in [4.69, 9.17) is 0 Å². The standard InChI is InChI=1S/C4H5N3O3S/c5-11(8,9)10-4-3-6-1-2-7-4/h1-3H,(H2,5,8,9). The van der Waals surface area contributed by atoms with Crippen LogP contribution in [0.15, 0.2) is 18.6 Å². The molecule has 0 fully saturated rings. The first-order chi connectivity index (χ1) is 5.08. The van der Waals surface area contributed by atoms with Crippen molar-refractivity contribution in [3.63, 3.8) is 0 Å². The van der Waals surface area contributed by atoms with Gasteiger partial charge in [-0.25, -0.2) is 4.98 Å². The molecule has 0 spiro atoms. The van der Waals surface area contributed by atoms with Gasteiger partial charge in [0.05, 0.1) is 6.20 Å². The third-order valence-electron chi connectivity index (χ3n) is 0.741. The van der Waals surface area contributed by atoms with E-state index in [0.29, 0.717) is 0 Å². The summed E-state index contributed by atoms with van der Waals surface area (Å²) in [4.78, 5) is 7.08. The van der Waals surface area contributed by atoms with Gasteiger partial charge < -0.3 is 4.18 Å². The van der Waals surface area contributed by atoms with Crippen LogP contribution in [-0.4, -0.2) is 18.4 Å².